The number of fused-ring (bicyclic) bond motifs is 4. The molecule has 3 heterocycles. The first-order chi connectivity index (χ1) is 10.9. The van der Waals surface area contributed by atoms with E-state index in [1.54, 1.807) is 10.4 Å². The standard InChI is InChI=1S/C19H16N2S/c1-3-9-16-13(6-1)14-8-5-11-20-19(14)21(16)17-12-22-18-10-4-2-7-15(17)18/h1,3,5-6,8-9,11-12H,2,4,7,10H2. The lowest BCUT2D eigenvalue weighted by atomic mass is 9.98. The summed E-state index contributed by atoms with van der Waals surface area (Å²) in [7, 11) is 0. The van der Waals surface area contributed by atoms with E-state index in [1.807, 2.05) is 23.6 Å². The average molecular weight is 304 g/mol. The highest BCUT2D eigenvalue weighted by Crippen LogP contribution is 2.37. The summed E-state index contributed by atoms with van der Waals surface area (Å²) < 4.78 is 2.37. The minimum atomic E-state index is 1.08. The molecule has 22 heavy (non-hydrogen) atoms. The Morgan fingerprint density at radius 2 is 1.82 bits per heavy atom. The highest BCUT2D eigenvalue weighted by Gasteiger charge is 2.20. The molecule has 0 atom stereocenters. The molecule has 3 heteroatoms. The van der Waals surface area contributed by atoms with E-state index in [9.17, 15) is 0 Å². The molecule has 0 spiro atoms. The first kappa shape index (κ1) is 12.4. The average Bonchev–Trinajstić information content (AvgIpc) is 3.14. The van der Waals surface area contributed by atoms with Gasteiger partial charge in [-0.3, -0.25) is 4.57 Å². The predicted octanol–water partition coefficient (Wildman–Crippen LogP) is 5.12. The van der Waals surface area contributed by atoms with E-state index in [1.165, 1.54) is 47.7 Å². The molecule has 1 aliphatic carbocycles. The van der Waals surface area contributed by atoms with Gasteiger partial charge in [0.25, 0.3) is 0 Å². The third-order valence-corrected chi connectivity index (χ3v) is 5.79. The van der Waals surface area contributed by atoms with Crippen LogP contribution in [0.1, 0.15) is 23.3 Å². The second-order valence-electron chi connectivity index (χ2n) is 5.96. The first-order valence-electron chi connectivity index (χ1n) is 7.87. The van der Waals surface area contributed by atoms with E-state index in [2.05, 4.69) is 40.3 Å². The lowest BCUT2D eigenvalue weighted by Gasteiger charge is -2.14. The van der Waals surface area contributed by atoms with Crippen molar-refractivity contribution in [1.82, 2.24) is 9.55 Å². The monoisotopic (exact) mass is 304 g/mol. The highest BCUT2D eigenvalue weighted by atomic mass is 32.1. The predicted molar refractivity (Wildman–Crippen MR) is 93.1 cm³/mol. The topological polar surface area (TPSA) is 17.8 Å². The van der Waals surface area contributed by atoms with E-state index in [4.69, 9.17) is 4.98 Å². The molecule has 4 aromatic rings. The third kappa shape index (κ3) is 1.63. The Labute approximate surface area is 133 Å². The second kappa shape index (κ2) is 4.68. The summed E-state index contributed by atoms with van der Waals surface area (Å²) in [5, 5.41) is 4.87. The molecule has 0 fully saturated rings. The zero-order valence-corrected chi connectivity index (χ0v) is 13.1. The van der Waals surface area contributed by atoms with Crippen LogP contribution in [0.4, 0.5) is 0 Å². The summed E-state index contributed by atoms with van der Waals surface area (Å²) in [6, 6.07) is 12.9. The van der Waals surface area contributed by atoms with Crippen LogP contribution in [0.25, 0.3) is 27.6 Å². The van der Waals surface area contributed by atoms with Crippen LogP contribution in [-0.2, 0) is 12.8 Å². The van der Waals surface area contributed by atoms with Crippen molar-refractivity contribution in [2.45, 2.75) is 25.7 Å². The second-order valence-corrected chi connectivity index (χ2v) is 6.92. The van der Waals surface area contributed by atoms with Crippen molar-refractivity contribution in [2.75, 3.05) is 0 Å². The van der Waals surface area contributed by atoms with Crippen molar-refractivity contribution < 1.29 is 0 Å². The van der Waals surface area contributed by atoms with Gasteiger partial charge in [-0.15, -0.1) is 11.3 Å². The van der Waals surface area contributed by atoms with E-state index in [0.717, 1.165) is 5.65 Å². The van der Waals surface area contributed by atoms with Crippen LogP contribution in [-0.4, -0.2) is 9.55 Å². The zero-order chi connectivity index (χ0) is 14.5. The summed E-state index contributed by atoms with van der Waals surface area (Å²) in [6.45, 7) is 0. The Balaban J connectivity index is 1.92. The largest absolute Gasteiger partial charge is 0.293 e. The zero-order valence-electron chi connectivity index (χ0n) is 12.2. The van der Waals surface area contributed by atoms with E-state index in [-0.39, 0.29) is 0 Å². The van der Waals surface area contributed by atoms with Crippen molar-refractivity contribution in [3.63, 3.8) is 0 Å². The molecule has 108 valence electrons. The Morgan fingerprint density at radius 1 is 0.955 bits per heavy atom. The van der Waals surface area contributed by atoms with Crippen LogP contribution in [0.5, 0.6) is 0 Å². The Morgan fingerprint density at radius 3 is 2.82 bits per heavy atom. The molecular weight excluding hydrogens is 288 g/mol. The summed E-state index contributed by atoms with van der Waals surface area (Å²) in [5.74, 6) is 0. The van der Waals surface area contributed by atoms with Crippen LogP contribution in [0, 0.1) is 0 Å². The van der Waals surface area contributed by atoms with Gasteiger partial charge < -0.3 is 0 Å². The van der Waals surface area contributed by atoms with Crippen molar-refractivity contribution in [1.29, 1.82) is 0 Å². The quantitative estimate of drug-likeness (QED) is 0.477. The number of benzene rings is 1. The first-order valence-corrected chi connectivity index (χ1v) is 8.75. The Hall–Kier alpha value is -2.13. The van der Waals surface area contributed by atoms with Gasteiger partial charge in [0.2, 0.25) is 0 Å². The van der Waals surface area contributed by atoms with E-state index >= 15 is 0 Å². The molecule has 1 aliphatic rings. The lowest BCUT2D eigenvalue weighted by Crippen LogP contribution is -2.03. The van der Waals surface area contributed by atoms with Crippen molar-refractivity contribution in [3.8, 4) is 5.69 Å². The van der Waals surface area contributed by atoms with Gasteiger partial charge in [-0.1, -0.05) is 18.2 Å². The van der Waals surface area contributed by atoms with Crippen LogP contribution >= 0.6 is 11.3 Å². The van der Waals surface area contributed by atoms with Gasteiger partial charge in [0.1, 0.15) is 5.65 Å². The molecule has 3 aromatic heterocycles. The van der Waals surface area contributed by atoms with Crippen LogP contribution in [0.3, 0.4) is 0 Å². The fourth-order valence-electron chi connectivity index (χ4n) is 3.70. The molecule has 2 nitrogen and oxygen atoms in total. The molecule has 0 unspecified atom stereocenters. The Kier molecular flexibility index (Phi) is 2.64. The van der Waals surface area contributed by atoms with E-state index < -0.39 is 0 Å². The van der Waals surface area contributed by atoms with Gasteiger partial charge in [-0.25, -0.2) is 4.98 Å². The van der Waals surface area contributed by atoms with Gasteiger partial charge in [-0.05, 0) is 49.4 Å². The number of aromatic nitrogens is 2. The number of para-hydroxylation sites is 1. The molecule has 0 amide bonds. The number of pyridine rings is 1. The van der Waals surface area contributed by atoms with Gasteiger partial charge in [-0.2, -0.15) is 0 Å². The van der Waals surface area contributed by atoms with Gasteiger partial charge >= 0.3 is 0 Å². The van der Waals surface area contributed by atoms with Crippen molar-refractivity contribution in [2.24, 2.45) is 0 Å². The highest BCUT2D eigenvalue weighted by molar-refractivity contribution is 7.10. The van der Waals surface area contributed by atoms with E-state index in [0.29, 0.717) is 0 Å². The summed E-state index contributed by atoms with van der Waals surface area (Å²) in [5.41, 5.74) is 5.24. The SMILES string of the molecule is c1ccc2c(c1)c1cccnc1n2-c1csc2c1CCCC2. The molecule has 1 aromatic carbocycles. The number of thiophene rings is 1. The van der Waals surface area contributed by atoms with Crippen LogP contribution in [0.2, 0.25) is 0 Å². The molecule has 0 saturated carbocycles. The third-order valence-electron chi connectivity index (χ3n) is 4.71. The minimum Gasteiger partial charge on any atom is -0.293 e. The maximum absolute atomic E-state index is 4.69. The molecule has 0 radical (unpaired) electrons. The number of aryl methyl sites for hydroxylation is 1. The Bertz CT molecular complexity index is 940. The molecule has 5 rings (SSSR count). The smallest absolute Gasteiger partial charge is 0.145 e. The molecule has 0 saturated heterocycles. The van der Waals surface area contributed by atoms with Gasteiger partial charge in [0.05, 0.1) is 11.2 Å². The maximum atomic E-state index is 4.69. The van der Waals surface area contributed by atoms with Crippen molar-refractivity contribution >= 4 is 33.3 Å². The van der Waals surface area contributed by atoms with Crippen LogP contribution < -0.4 is 0 Å². The number of nitrogens with zero attached hydrogens (tertiary/aromatic N) is 2. The summed E-state index contributed by atoms with van der Waals surface area (Å²) in [4.78, 5) is 6.26. The number of hydrogen-bond acceptors (Lipinski definition) is 2. The number of hydrogen-bond donors (Lipinski definition) is 0. The maximum Gasteiger partial charge on any atom is 0.145 e. The molecule has 0 bridgehead atoms. The normalized spacial score (nSPS) is 14.5. The van der Waals surface area contributed by atoms with Gasteiger partial charge in [0, 0.05) is 27.2 Å². The number of rotatable bonds is 1. The summed E-state index contributed by atoms with van der Waals surface area (Å²) >= 11 is 1.92. The fourth-order valence-corrected chi connectivity index (χ4v) is 4.82. The lowest BCUT2D eigenvalue weighted by molar-refractivity contribution is 0.694. The van der Waals surface area contributed by atoms with Crippen LogP contribution in [0.15, 0.2) is 48.0 Å². The molecule has 0 aliphatic heterocycles. The van der Waals surface area contributed by atoms with Crippen molar-refractivity contribution in [3.05, 3.63) is 58.4 Å². The van der Waals surface area contributed by atoms with Gasteiger partial charge in [0.15, 0.2) is 0 Å². The minimum absolute atomic E-state index is 1.08. The summed E-state index contributed by atoms with van der Waals surface area (Å²) in [6.07, 6.45) is 6.98. The fraction of sp³-hybridized carbons (Fsp3) is 0.211. The molecular formula is C19H16N2S. The molecule has 0 N–H and O–H groups in total.